The van der Waals surface area contributed by atoms with Gasteiger partial charge >= 0.3 is 5.97 Å². The van der Waals surface area contributed by atoms with Gasteiger partial charge in [-0.15, -0.1) is 0 Å². The number of aromatic amines is 1. The third kappa shape index (κ3) is 4.82. The SMILES string of the molecule is CC(=O)c1cccc(NC(=O)COC(=O)CCc2c[nH]c3ccccc23)c1. The van der Waals surface area contributed by atoms with Gasteiger partial charge in [-0.3, -0.25) is 14.4 Å². The van der Waals surface area contributed by atoms with E-state index in [1.54, 1.807) is 24.3 Å². The van der Waals surface area contributed by atoms with E-state index >= 15 is 0 Å². The van der Waals surface area contributed by atoms with Crippen molar-refractivity contribution in [1.29, 1.82) is 0 Å². The normalized spacial score (nSPS) is 10.6. The van der Waals surface area contributed by atoms with Crippen LogP contribution in [0.5, 0.6) is 0 Å². The predicted octanol–water partition coefficient (Wildman–Crippen LogP) is 3.49. The van der Waals surface area contributed by atoms with Gasteiger partial charge in [0.25, 0.3) is 5.91 Å². The van der Waals surface area contributed by atoms with Crippen LogP contribution in [0, 0.1) is 0 Å². The summed E-state index contributed by atoms with van der Waals surface area (Å²) in [6, 6.07) is 14.5. The number of rotatable bonds is 7. The Morgan fingerprint density at radius 1 is 1.07 bits per heavy atom. The van der Waals surface area contributed by atoms with Crippen molar-refractivity contribution in [2.75, 3.05) is 11.9 Å². The number of ether oxygens (including phenoxy) is 1. The van der Waals surface area contributed by atoms with Crippen molar-refractivity contribution < 1.29 is 19.1 Å². The Hall–Kier alpha value is -3.41. The van der Waals surface area contributed by atoms with Crippen molar-refractivity contribution in [2.24, 2.45) is 0 Å². The van der Waals surface area contributed by atoms with Crippen molar-refractivity contribution in [2.45, 2.75) is 19.8 Å². The van der Waals surface area contributed by atoms with Crippen LogP contribution in [0.3, 0.4) is 0 Å². The number of ketones is 1. The number of hydrogen-bond donors (Lipinski definition) is 2. The number of anilines is 1. The van der Waals surface area contributed by atoms with Crippen LogP contribution in [0.1, 0.15) is 29.3 Å². The Kier molecular flexibility index (Phi) is 5.66. The molecule has 27 heavy (non-hydrogen) atoms. The molecule has 0 unspecified atom stereocenters. The molecule has 2 aromatic carbocycles. The molecule has 0 saturated carbocycles. The number of aryl methyl sites for hydroxylation is 1. The number of Topliss-reactive ketones (excluding diaryl/α,β-unsaturated/α-hetero) is 1. The molecular weight excluding hydrogens is 344 g/mol. The number of esters is 1. The lowest BCUT2D eigenvalue weighted by Gasteiger charge is -2.07. The second-order valence-corrected chi connectivity index (χ2v) is 6.21. The first-order chi connectivity index (χ1) is 13.0. The minimum Gasteiger partial charge on any atom is -0.456 e. The van der Waals surface area contributed by atoms with Crippen LogP contribution >= 0.6 is 0 Å². The number of benzene rings is 2. The van der Waals surface area contributed by atoms with Crippen LogP contribution < -0.4 is 5.32 Å². The average molecular weight is 364 g/mol. The van der Waals surface area contributed by atoms with Crippen LogP contribution in [0.4, 0.5) is 5.69 Å². The molecule has 0 aliphatic heterocycles. The number of H-pyrrole nitrogens is 1. The maximum Gasteiger partial charge on any atom is 0.306 e. The molecule has 1 amide bonds. The maximum absolute atomic E-state index is 11.9. The van der Waals surface area contributed by atoms with Crippen LogP contribution in [-0.4, -0.2) is 29.3 Å². The molecule has 138 valence electrons. The third-order valence-corrected chi connectivity index (χ3v) is 4.19. The molecule has 2 N–H and O–H groups in total. The molecule has 0 spiro atoms. The van der Waals surface area contributed by atoms with E-state index < -0.39 is 11.9 Å². The van der Waals surface area contributed by atoms with Crippen molar-refractivity contribution in [3.63, 3.8) is 0 Å². The minimum absolute atomic E-state index is 0.0881. The first-order valence-corrected chi connectivity index (χ1v) is 8.64. The van der Waals surface area contributed by atoms with Gasteiger partial charge in [0.1, 0.15) is 0 Å². The summed E-state index contributed by atoms with van der Waals surface area (Å²) in [6.45, 7) is 1.09. The molecular formula is C21H20N2O4. The third-order valence-electron chi connectivity index (χ3n) is 4.19. The fourth-order valence-electron chi connectivity index (χ4n) is 2.81. The van der Waals surface area contributed by atoms with Crippen molar-refractivity contribution in [1.82, 2.24) is 4.98 Å². The van der Waals surface area contributed by atoms with E-state index in [1.165, 1.54) is 6.92 Å². The predicted molar refractivity (Wildman–Crippen MR) is 103 cm³/mol. The first kappa shape index (κ1) is 18.4. The zero-order valence-corrected chi connectivity index (χ0v) is 15.0. The molecule has 3 aromatic rings. The Labute approximate surface area is 156 Å². The summed E-state index contributed by atoms with van der Waals surface area (Å²) in [6.07, 6.45) is 2.60. The van der Waals surface area contributed by atoms with Gasteiger partial charge in [-0.2, -0.15) is 0 Å². The summed E-state index contributed by atoms with van der Waals surface area (Å²) >= 11 is 0. The van der Waals surface area contributed by atoms with Crippen LogP contribution in [0.15, 0.2) is 54.7 Å². The first-order valence-electron chi connectivity index (χ1n) is 8.64. The molecule has 0 fully saturated rings. The molecule has 1 heterocycles. The topological polar surface area (TPSA) is 88.3 Å². The maximum atomic E-state index is 11.9. The fourth-order valence-corrected chi connectivity index (χ4v) is 2.81. The lowest BCUT2D eigenvalue weighted by atomic mass is 10.1. The van der Waals surface area contributed by atoms with E-state index in [0.29, 0.717) is 17.7 Å². The van der Waals surface area contributed by atoms with Gasteiger partial charge in [0, 0.05) is 34.8 Å². The summed E-state index contributed by atoms with van der Waals surface area (Å²) in [7, 11) is 0. The highest BCUT2D eigenvalue weighted by molar-refractivity contribution is 5.97. The highest BCUT2D eigenvalue weighted by Gasteiger charge is 2.11. The number of para-hydroxylation sites is 1. The number of aromatic nitrogens is 1. The average Bonchev–Trinajstić information content (AvgIpc) is 3.08. The summed E-state index contributed by atoms with van der Waals surface area (Å²) in [5.74, 6) is -0.973. The Morgan fingerprint density at radius 2 is 1.89 bits per heavy atom. The van der Waals surface area contributed by atoms with Crippen LogP contribution in [0.25, 0.3) is 10.9 Å². The summed E-state index contributed by atoms with van der Waals surface area (Å²) in [5, 5.41) is 3.69. The van der Waals surface area contributed by atoms with Gasteiger partial charge < -0.3 is 15.0 Å². The number of nitrogens with one attached hydrogen (secondary N) is 2. The zero-order valence-electron chi connectivity index (χ0n) is 15.0. The number of carbonyl (C=O) groups excluding carboxylic acids is 3. The zero-order chi connectivity index (χ0) is 19.2. The smallest absolute Gasteiger partial charge is 0.306 e. The summed E-state index contributed by atoms with van der Waals surface area (Å²) in [5.41, 5.74) is 3.05. The molecule has 0 aliphatic carbocycles. The molecule has 6 heteroatoms. The van der Waals surface area contributed by atoms with Crippen LogP contribution in [0.2, 0.25) is 0 Å². The molecule has 0 saturated heterocycles. The molecule has 6 nitrogen and oxygen atoms in total. The molecule has 0 radical (unpaired) electrons. The standard InChI is InChI=1S/C21H20N2O4/c1-14(24)15-5-4-6-17(11-15)23-20(25)13-27-21(26)10-9-16-12-22-19-8-3-2-7-18(16)19/h2-8,11-12,22H,9-10,13H2,1H3,(H,23,25). The van der Waals surface area contributed by atoms with E-state index in [0.717, 1.165) is 16.5 Å². The summed E-state index contributed by atoms with van der Waals surface area (Å²) < 4.78 is 5.04. The quantitative estimate of drug-likeness (QED) is 0.496. The lowest BCUT2D eigenvalue weighted by molar-refractivity contribution is -0.147. The van der Waals surface area contributed by atoms with E-state index in [1.807, 2.05) is 30.5 Å². The van der Waals surface area contributed by atoms with E-state index in [9.17, 15) is 14.4 Å². The molecule has 0 aliphatic rings. The van der Waals surface area contributed by atoms with Crippen molar-refractivity contribution in [3.05, 3.63) is 65.9 Å². The molecule has 0 atom stereocenters. The van der Waals surface area contributed by atoms with E-state index in [-0.39, 0.29) is 18.8 Å². The molecule has 1 aromatic heterocycles. The monoisotopic (exact) mass is 364 g/mol. The molecule has 3 rings (SSSR count). The van der Waals surface area contributed by atoms with Crippen molar-refractivity contribution in [3.8, 4) is 0 Å². The molecule has 0 bridgehead atoms. The number of carbonyl (C=O) groups is 3. The fraction of sp³-hybridized carbons (Fsp3) is 0.190. The van der Waals surface area contributed by atoms with Crippen LogP contribution in [-0.2, 0) is 20.7 Å². The van der Waals surface area contributed by atoms with Gasteiger partial charge in [0.15, 0.2) is 12.4 Å². The van der Waals surface area contributed by atoms with Gasteiger partial charge in [-0.1, -0.05) is 30.3 Å². The van der Waals surface area contributed by atoms with E-state index in [2.05, 4.69) is 10.3 Å². The largest absolute Gasteiger partial charge is 0.456 e. The Balaban J connectivity index is 1.47. The van der Waals surface area contributed by atoms with Gasteiger partial charge in [-0.25, -0.2) is 0 Å². The lowest BCUT2D eigenvalue weighted by Crippen LogP contribution is -2.21. The Morgan fingerprint density at radius 3 is 2.70 bits per heavy atom. The second kappa shape index (κ2) is 8.31. The van der Waals surface area contributed by atoms with Gasteiger partial charge in [0.2, 0.25) is 0 Å². The highest BCUT2D eigenvalue weighted by atomic mass is 16.5. The van der Waals surface area contributed by atoms with E-state index in [4.69, 9.17) is 4.74 Å². The van der Waals surface area contributed by atoms with Gasteiger partial charge in [-0.05, 0) is 37.1 Å². The number of fused-ring (bicyclic) bond motifs is 1. The highest BCUT2D eigenvalue weighted by Crippen LogP contribution is 2.19. The van der Waals surface area contributed by atoms with Crippen molar-refractivity contribution >= 4 is 34.3 Å². The second-order valence-electron chi connectivity index (χ2n) is 6.21. The minimum atomic E-state index is -0.448. The Bertz CT molecular complexity index is 991. The number of hydrogen-bond acceptors (Lipinski definition) is 4. The van der Waals surface area contributed by atoms with Gasteiger partial charge in [0.05, 0.1) is 0 Å². The summed E-state index contributed by atoms with van der Waals surface area (Å²) in [4.78, 5) is 38.4. The number of amides is 1.